The summed E-state index contributed by atoms with van der Waals surface area (Å²) in [4.78, 5) is 2.83. The van der Waals surface area contributed by atoms with Gasteiger partial charge >= 0.3 is 0 Å². The van der Waals surface area contributed by atoms with E-state index in [0.29, 0.717) is 0 Å². The molecule has 0 fully saturated rings. The molecule has 6 heteroatoms. The molecule has 122 valence electrons. The zero-order valence-corrected chi connectivity index (χ0v) is 21.4. The second-order valence-corrected chi connectivity index (χ2v) is 22.3. The molecule has 22 heavy (non-hydrogen) atoms. The van der Waals surface area contributed by atoms with Crippen LogP contribution < -0.4 is 9.00 Å². The Morgan fingerprint density at radius 3 is 1.09 bits per heavy atom. The molecule has 0 aliphatic rings. The third-order valence-electron chi connectivity index (χ3n) is 3.72. The Hall–Kier alpha value is 0.794. The molecule has 0 aliphatic heterocycles. The number of halogens is 2. The fourth-order valence-electron chi connectivity index (χ4n) is 2.71. The van der Waals surface area contributed by atoms with Crippen molar-refractivity contribution in [3.05, 3.63) is 20.1 Å². The number of rotatable bonds is 3. The van der Waals surface area contributed by atoms with E-state index in [1.807, 2.05) is 22.7 Å². The predicted molar refractivity (Wildman–Crippen MR) is 118 cm³/mol. The minimum absolute atomic E-state index is 1.30. The van der Waals surface area contributed by atoms with E-state index in [2.05, 4.69) is 85.0 Å². The largest absolute Gasteiger partial charge is 0.143 e. The minimum Gasteiger partial charge on any atom is -0.143 e. The maximum absolute atomic E-state index is 3.88. The summed E-state index contributed by atoms with van der Waals surface area (Å²) in [5.74, 6) is 0. The molecule has 2 rings (SSSR count). The van der Waals surface area contributed by atoms with Gasteiger partial charge in [0.25, 0.3) is 0 Å². The lowest BCUT2D eigenvalue weighted by Crippen LogP contribution is -2.36. The lowest BCUT2D eigenvalue weighted by molar-refractivity contribution is 1.50. The average Bonchev–Trinajstić information content (AvgIpc) is 2.80. The molecule has 2 heterocycles. The molecule has 2 aromatic heterocycles. The summed E-state index contributed by atoms with van der Waals surface area (Å²) in [5, 5.41) is 0. The number of hydrogen-bond donors (Lipinski definition) is 0. The highest BCUT2D eigenvalue weighted by Gasteiger charge is 2.29. The van der Waals surface area contributed by atoms with Crippen LogP contribution in [0.25, 0.3) is 9.75 Å². The number of thiophene rings is 2. The Kier molecular flexibility index (Phi) is 5.44. The van der Waals surface area contributed by atoms with Gasteiger partial charge in [-0.05, 0) is 65.8 Å². The SMILES string of the molecule is Cc1c([Si](C)(C)C)sc(-c2sc([Si](C)(C)C)c(C)c2Br)c1Br. The molecular weight excluding hydrogens is 472 g/mol. The van der Waals surface area contributed by atoms with Gasteiger partial charge in [0.15, 0.2) is 0 Å². The first-order valence-electron chi connectivity index (χ1n) is 7.44. The molecule has 0 saturated carbocycles. The molecule has 0 unspecified atom stereocenters. The van der Waals surface area contributed by atoms with Crippen LogP contribution in [0.15, 0.2) is 8.95 Å². The first-order chi connectivity index (χ1) is 9.85. The van der Waals surface area contributed by atoms with Crippen LogP contribution in [0.3, 0.4) is 0 Å². The Morgan fingerprint density at radius 2 is 0.909 bits per heavy atom. The summed E-state index contributed by atoms with van der Waals surface area (Å²) in [6.07, 6.45) is 0. The third kappa shape index (κ3) is 3.42. The fourth-order valence-corrected chi connectivity index (χ4v) is 12.5. The second kappa shape index (κ2) is 6.26. The van der Waals surface area contributed by atoms with E-state index >= 15 is 0 Å². The van der Waals surface area contributed by atoms with Gasteiger partial charge in [0.05, 0.1) is 25.9 Å². The van der Waals surface area contributed by atoms with E-state index in [9.17, 15) is 0 Å². The molecule has 2 aromatic rings. The minimum atomic E-state index is -1.30. The van der Waals surface area contributed by atoms with E-state index in [1.54, 1.807) is 9.00 Å². The maximum atomic E-state index is 3.88. The Bertz CT molecular complexity index is 654. The Balaban J connectivity index is 2.69. The van der Waals surface area contributed by atoms with E-state index < -0.39 is 16.1 Å². The molecule has 0 aromatic carbocycles. The van der Waals surface area contributed by atoms with E-state index in [1.165, 1.54) is 29.8 Å². The van der Waals surface area contributed by atoms with Crippen LogP contribution in [0, 0.1) is 13.8 Å². The smallest absolute Gasteiger partial charge is 0.0908 e. The van der Waals surface area contributed by atoms with Crippen LogP contribution in [-0.4, -0.2) is 16.1 Å². The molecule has 0 bridgehead atoms. The van der Waals surface area contributed by atoms with Gasteiger partial charge in [-0.1, -0.05) is 39.3 Å². The molecule has 0 N–H and O–H groups in total. The van der Waals surface area contributed by atoms with Gasteiger partial charge < -0.3 is 0 Å². The summed E-state index contributed by atoms with van der Waals surface area (Å²) in [5.41, 5.74) is 2.90. The van der Waals surface area contributed by atoms with Gasteiger partial charge in [-0.15, -0.1) is 22.7 Å². The van der Waals surface area contributed by atoms with Crippen LogP contribution in [0.2, 0.25) is 39.3 Å². The van der Waals surface area contributed by atoms with Gasteiger partial charge in [-0.3, -0.25) is 0 Å². The van der Waals surface area contributed by atoms with Crippen molar-refractivity contribution in [1.82, 2.24) is 0 Å². The van der Waals surface area contributed by atoms with Gasteiger partial charge in [0.1, 0.15) is 0 Å². The molecule has 0 atom stereocenters. The molecule has 0 spiro atoms. The van der Waals surface area contributed by atoms with Crippen LogP contribution in [-0.2, 0) is 0 Å². The van der Waals surface area contributed by atoms with Crippen molar-refractivity contribution in [3.8, 4) is 9.75 Å². The molecule has 0 saturated heterocycles. The summed E-state index contributed by atoms with van der Waals surface area (Å²) in [7, 11) is -2.59. The van der Waals surface area contributed by atoms with Crippen molar-refractivity contribution in [2.75, 3.05) is 0 Å². The van der Waals surface area contributed by atoms with Gasteiger partial charge in [-0.2, -0.15) is 0 Å². The topological polar surface area (TPSA) is 0 Å². The average molecular weight is 496 g/mol. The van der Waals surface area contributed by atoms with Crippen molar-refractivity contribution >= 4 is 79.7 Å². The van der Waals surface area contributed by atoms with Crippen molar-refractivity contribution in [2.45, 2.75) is 53.1 Å². The second-order valence-electron chi connectivity index (χ2n) is 7.90. The molecule has 0 nitrogen and oxygen atoms in total. The third-order valence-corrected chi connectivity index (χ3v) is 16.4. The Morgan fingerprint density at radius 1 is 0.636 bits per heavy atom. The monoisotopic (exact) mass is 494 g/mol. The van der Waals surface area contributed by atoms with Crippen LogP contribution in [0.1, 0.15) is 11.1 Å². The summed E-state index contributed by atoms with van der Waals surface area (Å²) < 4.78 is 5.83. The predicted octanol–water partition coefficient (Wildman–Crippen LogP) is 6.71. The van der Waals surface area contributed by atoms with Crippen molar-refractivity contribution in [3.63, 3.8) is 0 Å². The standard InChI is InChI=1S/C16H24Br2S2Si2/c1-9-11(17)13(19-15(9)21(3,4)5)14-12(18)10(2)16(20-14)22(6,7)8/h1-8H3. The Labute approximate surface area is 161 Å². The summed E-state index contributed by atoms with van der Waals surface area (Å²) >= 11 is 11.8. The highest BCUT2D eigenvalue weighted by Crippen LogP contribution is 2.44. The van der Waals surface area contributed by atoms with Gasteiger partial charge in [0, 0.05) is 8.95 Å². The fraction of sp³-hybridized carbons (Fsp3) is 0.500. The lowest BCUT2D eigenvalue weighted by Gasteiger charge is -2.14. The first-order valence-corrected chi connectivity index (χ1v) is 17.7. The molecule has 0 radical (unpaired) electrons. The van der Waals surface area contributed by atoms with Gasteiger partial charge in [-0.25, -0.2) is 0 Å². The molecule has 0 amide bonds. The first kappa shape index (κ1) is 19.1. The van der Waals surface area contributed by atoms with Crippen LogP contribution in [0.5, 0.6) is 0 Å². The maximum Gasteiger partial charge on any atom is 0.0908 e. The zero-order valence-electron chi connectivity index (χ0n) is 14.6. The normalized spacial score (nSPS) is 13.0. The van der Waals surface area contributed by atoms with Crippen molar-refractivity contribution in [2.24, 2.45) is 0 Å². The highest BCUT2D eigenvalue weighted by atomic mass is 79.9. The molecule has 0 aliphatic carbocycles. The summed E-state index contributed by atoms with van der Waals surface area (Å²) in [6.45, 7) is 19.1. The van der Waals surface area contributed by atoms with Crippen molar-refractivity contribution in [1.29, 1.82) is 0 Å². The number of hydrogen-bond acceptors (Lipinski definition) is 2. The van der Waals surface area contributed by atoms with Crippen LogP contribution in [0.4, 0.5) is 0 Å². The van der Waals surface area contributed by atoms with E-state index in [-0.39, 0.29) is 0 Å². The lowest BCUT2D eigenvalue weighted by atomic mass is 10.3. The highest BCUT2D eigenvalue weighted by molar-refractivity contribution is 9.11. The summed E-state index contributed by atoms with van der Waals surface area (Å²) in [6, 6.07) is 0. The zero-order chi connectivity index (χ0) is 17.0. The molecular formula is C16H24Br2S2Si2. The van der Waals surface area contributed by atoms with E-state index in [4.69, 9.17) is 0 Å². The van der Waals surface area contributed by atoms with Crippen molar-refractivity contribution < 1.29 is 0 Å². The van der Waals surface area contributed by atoms with E-state index in [0.717, 1.165) is 0 Å². The van der Waals surface area contributed by atoms with Gasteiger partial charge in [0.2, 0.25) is 0 Å². The van der Waals surface area contributed by atoms with Crippen LogP contribution >= 0.6 is 54.5 Å². The quantitative estimate of drug-likeness (QED) is 0.415.